The fraction of sp³-hybridized carbons (Fsp3) is 0. The van der Waals surface area contributed by atoms with Crippen LogP contribution in [0.15, 0.2) is 52.3 Å². The summed E-state index contributed by atoms with van der Waals surface area (Å²) < 4.78 is 1.91. The van der Waals surface area contributed by atoms with Crippen molar-refractivity contribution in [3.63, 3.8) is 0 Å². The zero-order valence-electron chi connectivity index (χ0n) is 9.69. The van der Waals surface area contributed by atoms with Gasteiger partial charge in [0.15, 0.2) is 5.78 Å². The van der Waals surface area contributed by atoms with Crippen LogP contribution >= 0.6 is 38.9 Å². The Kier molecular flexibility index (Phi) is 3.44. The first-order chi connectivity index (χ1) is 9.16. The summed E-state index contributed by atoms with van der Waals surface area (Å²) in [6, 6.07) is 13.2. The van der Waals surface area contributed by atoms with Crippen LogP contribution in [-0.4, -0.2) is 5.78 Å². The minimum Gasteiger partial charge on any atom is -0.289 e. The molecule has 2 aromatic carbocycles. The third-order valence-corrected chi connectivity index (χ3v) is 5.10. The maximum Gasteiger partial charge on any atom is 0.194 e. The number of ketones is 1. The van der Waals surface area contributed by atoms with Crippen molar-refractivity contribution in [2.24, 2.45) is 0 Å². The highest BCUT2D eigenvalue weighted by atomic mass is 79.9. The van der Waals surface area contributed by atoms with Gasteiger partial charge in [-0.25, -0.2) is 0 Å². The average Bonchev–Trinajstić information content (AvgIpc) is 2.85. The van der Waals surface area contributed by atoms with Crippen molar-refractivity contribution in [1.29, 1.82) is 0 Å². The maximum atomic E-state index is 12.5. The first-order valence-electron chi connectivity index (χ1n) is 5.63. The third kappa shape index (κ3) is 2.34. The highest BCUT2D eigenvalue weighted by Gasteiger charge is 2.14. The van der Waals surface area contributed by atoms with E-state index >= 15 is 0 Å². The molecule has 0 aliphatic rings. The molecule has 19 heavy (non-hydrogen) atoms. The molecule has 0 saturated carbocycles. The van der Waals surface area contributed by atoms with Crippen molar-refractivity contribution < 1.29 is 4.79 Å². The van der Waals surface area contributed by atoms with Crippen molar-refractivity contribution in [1.82, 2.24) is 0 Å². The van der Waals surface area contributed by atoms with Crippen molar-refractivity contribution in [2.45, 2.75) is 0 Å². The number of carbonyl (C=O) groups excluding carboxylic acids is 1. The number of rotatable bonds is 2. The monoisotopic (exact) mass is 350 g/mol. The smallest absolute Gasteiger partial charge is 0.194 e. The van der Waals surface area contributed by atoms with Crippen LogP contribution in [0.25, 0.3) is 10.1 Å². The van der Waals surface area contributed by atoms with Gasteiger partial charge in [-0.2, -0.15) is 0 Å². The van der Waals surface area contributed by atoms with Gasteiger partial charge in [0.2, 0.25) is 0 Å². The molecule has 3 rings (SSSR count). The normalized spacial score (nSPS) is 10.8. The summed E-state index contributed by atoms with van der Waals surface area (Å²) in [5, 5.41) is 3.45. The lowest BCUT2D eigenvalue weighted by atomic mass is 10.0. The van der Waals surface area contributed by atoms with E-state index in [1.54, 1.807) is 29.5 Å². The Hall–Kier alpha value is -1.16. The van der Waals surface area contributed by atoms with Crippen molar-refractivity contribution >= 4 is 54.7 Å². The first-order valence-corrected chi connectivity index (χ1v) is 7.68. The molecule has 0 N–H and O–H groups in total. The molecular weight excluding hydrogens is 344 g/mol. The first kappa shape index (κ1) is 12.9. The summed E-state index contributed by atoms with van der Waals surface area (Å²) in [5.41, 5.74) is 1.34. The van der Waals surface area contributed by atoms with Gasteiger partial charge in [0.1, 0.15) is 0 Å². The van der Waals surface area contributed by atoms with E-state index in [2.05, 4.69) is 15.9 Å². The van der Waals surface area contributed by atoms with Crippen LogP contribution in [-0.2, 0) is 0 Å². The maximum absolute atomic E-state index is 12.5. The van der Waals surface area contributed by atoms with Gasteiger partial charge >= 0.3 is 0 Å². The van der Waals surface area contributed by atoms with Gasteiger partial charge in [0.25, 0.3) is 0 Å². The number of hydrogen-bond acceptors (Lipinski definition) is 2. The van der Waals surface area contributed by atoms with Crippen molar-refractivity contribution in [3.05, 3.63) is 68.5 Å². The Labute approximate surface area is 128 Å². The zero-order valence-corrected chi connectivity index (χ0v) is 12.8. The highest BCUT2D eigenvalue weighted by molar-refractivity contribution is 9.10. The lowest BCUT2D eigenvalue weighted by Gasteiger charge is -2.02. The summed E-state index contributed by atoms with van der Waals surface area (Å²) in [6.45, 7) is 0. The zero-order chi connectivity index (χ0) is 13.4. The van der Waals surface area contributed by atoms with E-state index in [4.69, 9.17) is 11.6 Å². The standard InChI is InChI=1S/C15H8BrClOS/c16-12-6-5-9(7-13(12)17)15(18)11-8-19-14-4-2-1-3-10(11)14/h1-8H. The molecule has 0 atom stereocenters. The van der Waals surface area contributed by atoms with Crippen molar-refractivity contribution in [3.8, 4) is 0 Å². The molecule has 94 valence electrons. The van der Waals surface area contributed by atoms with E-state index in [0.29, 0.717) is 10.6 Å². The van der Waals surface area contributed by atoms with E-state index in [-0.39, 0.29) is 5.78 Å². The second-order valence-corrected chi connectivity index (χ2v) is 6.28. The summed E-state index contributed by atoms with van der Waals surface area (Å²) in [6.07, 6.45) is 0. The van der Waals surface area contributed by atoms with Gasteiger partial charge in [0.05, 0.1) is 5.02 Å². The molecule has 0 unspecified atom stereocenters. The largest absolute Gasteiger partial charge is 0.289 e. The van der Waals surface area contributed by atoms with Crippen LogP contribution in [0.2, 0.25) is 5.02 Å². The lowest BCUT2D eigenvalue weighted by molar-refractivity contribution is 0.104. The fourth-order valence-electron chi connectivity index (χ4n) is 1.95. The number of thiophene rings is 1. The molecule has 0 saturated heterocycles. The molecule has 3 aromatic rings. The van der Waals surface area contributed by atoms with Gasteiger partial charge in [-0.15, -0.1) is 11.3 Å². The topological polar surface area (TPSA) is 17.1 Å². The molecule has 0 bridgehead atoms. The molecule has 1 heterocycles. The number of benzene rings is 2. The Morgan fingerprint density at radius 3 is 2.74 bits per heavy atom. The van der Waals surface area contributed by atoms with E-state index in [0.717, 1.165) is 20.1 Å². The Balaban J connectivity index is 2.11. The quantitative estimate of drug-likeness (QED) is 0.553. The molecule has 0 spiro atoms. The third-order valence-electron chi connectivity index (χ3n) is 2.91. The van der Waals surface area contributed by atoms with Crippen molar-refractivity contribution in [2.75, 3.05) is 0 Å². The predicted octanol–water partition coefficient (Wildman–Crippen LogP) is 5.55. The summed E-state index contributed by atoms with van der Waals surface area (Å²) >= 11 is 10.9. The number of halogens is 2. The van der Waals surface area contributed by atoms with Crippen LogP contribution in [0.1, 0.15) is 15.9 Å². The summed E-state index contributed by atoms with van der Waals surface area (Å²) in [4.78, 5) is 12.5. The molecular formula is C15H8BrClOS. The number of hydrogen-bond donors (Lipinski definition) is 0. The fourth-order valence-corrected chi connectivity index (χ4v) is 3.31. The van der Waals surface area contributed by atoms with Crippen LogP contribution in [0.4, 0.5) is 0 Å². The lowest BCUT2D eigenvalue weighted by Crippen LogP contribution is -2.00. The van der Waals surface area contributed by atoms with E-state index in [1.807, 2.05) is 29.6 Å². The molecule has 0 fully saturated rings. The molecule has 0 amide bonds. The average molecular weight is 352 g/mol. The molecule has 0 aliphatic heterocycles. The van der Waals surface area contributed by atoms with Gasteiger partial charge in [0, 0.05) is 31.1 Å². The van der Waals surface area contributed by atoms with E-state index < -0.39 is 0 Å². The van der Waals surface area contributed by atoms with Crippen LogP contribution in [0, 0.1) is 0 Å². The van der Waals surface area contributed by atoms with Gasteiger partial charge in [-0.3, -0.25) is 4.79 Å². The van der Waals surface area contributed by atoms with E-state index in [1.165, 1.54) is 0 Å². The highest BCUT2D eigenvalue weighted by Crippen LogP contribution is 2.29. The molecule has 0 radical (unpaired) electrons. The predicted molar refractivity (Wildman–Crippen MR) is 84.4 cm³/mol. The number of carbonyl (C=O) groups is 1. The van der Waals surface area contributed by atoms with E-state index in [9.17, 15) is 4.79 Å². The van der Waals surface area contributed by atoms with Gasteiger partial charge in [-0.1, -0.05) is 29.8 Å². The van der Waals surface area contributed by atoms with Crippen LogP contribution in [0.3, 0.4) is 0 Å². The Morgan fingerprint density at radius 2 is 1.95 bits per heavy atom. The summed E-state index contributed by atoms with van der Waals surface area (Å²) in [5.74, 6) is 0.00634. The van der Waals surface area contributed by atoms with Crippen LogP contribution in [0.5, 0.6) is 0 Å². The molecule has 1 nitrogen and oxygen atoms in total. The Bertz CT molecular complexity index is 779. The minimum atomic E-state index is 0.00634. The molecule has 0 aliphatic carbocycles. The minimum absolute atomic E-state index is 0.00634. The van der Waals surface area contributed by atoms with Gasteiger partial charge in [-0.05, 0) is 40.2 Å². The molecule has 1 aromatic heterocycles. The SMILES string of the molecule is O=C(c1ccc(Br)c(Cl)c1)c1csc2ccccc12. The molecule has 4 heteroatoms. The second-order valence-electron chi connectivity index (χ2n) is 4.10. The summed E-state index contributed by atoms with van der Waals surface area (Å²) in [7, 11) is 0. The van der Waals surface area contributed by atoms with Gasteiger partial charge < -0.3 is 0 Å². The second kappa shape index (κ2) is 5.08. The number of fused-ring (bicyclic) bond motifs is 1. The Morgan fingerprint density at radius 1 is 1.16 bits per heavy atom. The van der Waals surface area contributed by atoms with Crippen LogP contribution < -0.4 is 0 Å².